The third kappa shape index (κ3) is 1.58. The Morgan fingerprint density at radius 1 is 1.08 bits per heavy atom. The Kier molecular flexibility index (Phi) is 2.70. The topological polar surface area (TPSA) is 26.0 Å². The van der Waals surface area contributed by atoms with Gasteiger partial charge in [-0.2, -0.15) is 0 Å². The Labute approximate surface area is 68.0 Å². The highest BCUT2D eigenvalue weighted by Gasteiger charge is 2.11. The molecule has 0 aromatic heterocycles. The first-order chi connectivity index (χ1) is 5.66. The van der Waals surface area contributed by atoms with Crippen LogP contribution in [0.25, 0.3) is 0 Å². The van der Waals surface area contributed by atoms with Crippen molar-refractivity contribution in [3.05, 3.63) is 35.1 Å². The molecule has 0 saturated heterocycles. The SMILES string of the molecule is NCCc1c(F)ccc(F)c1F. The lowest BCUT2D eigenvalue weighted by atomic mass is 10.1. The first-order valence-corrected chi connectivity index (χ1v) is 3.49. The molecule has 0 spiro atoms. The molecule has 0 aliphatic carbocycles. The highest BCUT2D eigenvalue weighted by molar-refractivity contribution is 5.21. The van der Waals surface area contributed by atoms with Crippen LogP contribution in [0.1, 0.15) is 5.56 Å². The van der Waals surface area contributed by atoms with Gasteiger partial charge in [0, 0.05) is 5.56 Å². The van der Waals surface area contributed by atoms with Gasteiger partial charge in [0.15, 0.2) is 11.6 Å². The summed E-state index contributed by atoms with van der Waals surface area (Å²) in [6.45, 7) is 0.0945. The summed E-state index contributed by atoms with van der Waals surface area (Å²) in [6.07, 6.45) is 0.00935. The van der Waals surface area contributed by atoms with E-state index in [4.69, 9.17) is 5.73 Å². The van der Waals surface area contributed by atoms with Gasteiger partial charge in [0.2, 0.25) is 0 Å². The van der Waals surface area contributed by atoms with E-state index in [-0.39, 0.29) is 18.5 Å². The van der Waals surface area contributed by atoms with Crippen LogP contribution in [0.4, 0.5) is 13.2 Å². The summed E-state index contributed by atoms with van der Waals surface area (Å²) < 4.78 is 38.0. The van der Waals surface area contributed by atoms with Crippen molar-refractivity contribution in [2.75, 3.05) is 6.54 Å². The van der Waals surface area contributed by atoms with Crippen LogP contribution in [-0.4, -0.2) is 6.54 Å². The van der Waals surface area contributed by atoms with Gasteiger partial charge in [0.05, 0.1) is 0 Å². The zero-order valence-corrected chi connectivity index (χ0v) is 6.28. The molecule has 1 aromatic rings. The van der Waals surface area contributed by atoms with Gasteiger partial charge in [-0.25, -0.2) is 13.2 Å². The van der Waals surface area contributed by atoms with Crippen molar-refractivity contribution < 1.29 is 13.2 Å². The molecule has 0 aliphatic heterocycles. The van der Waals surface area contributed by atoms with Crippen LogP contribution >= 0.6 is 0 Å². The van der Waals surface area contributed by atoms with E-state index in [0.29, 0.717) is 0 Å². The predicted molar refractivity (Wildman–Crippen MR) is 39.1 cm³/mol. The second kappa shape index (κ2) is 3.58. The van der Waals surface area contributed by atoms with Gasteiger partial charge < -0.3 is 5.73 Å². The third-order valence-corrected chi connectivity index (χ3v) is 1.53. The number of nitrogens with two attached hydrogens (primary N) is 1. The smallest absolute Gasteiger partial charge is 0.164 e. The minimum Gasteiger partial charge on any atom is -0.330 e. The number of benzene rings is 1. The van der Waals surface area contributed by atoms with E-state index in [0.717, 1.165) is 12.1 Å². The Morgan fingerprint density at radius 3 is 2.25 bits per heavy atom. The molecule has 0 saturated carbocycles. The maximum atomic E-state index is 12.8. The minimum atomic E-state index is -1.14. The lowest BCUT2D eigenvalue weighted by Gasteiger charge is -2.02. The molecule has 0 fully saturated rings. The summed E-state index contributed by atoms with van der Waals surface area (Å²) in [4.78, 5) is 0. The Balaban J connectivity index is 3.14. The summed E-state index contributed by atoms with van der Waals surface area (Å²) in [5.74, 6) is -2.93. The fraction of sp³-hybridized carbons (Fsp3) is 0.250. The summed E-state index contributed by atoms with van der Waals surface area (Å²) in [5.41, 5.74) is 4.81. The molecule has 4 heteroatoms. The molecule has 0 bridgehead atoms. The number of rotatable bonds is 2. The minimum absolute atomic E-state index is 0.00935. The van der Waals surface area contributed by atoms with Crippen LogP contribution in [0, 0.1) is 17.5 Å². The second-order valence-electron chi connectivity index (χ2n) is 2.36. The van der Waals surface area contributed by atoms with E-state index >= 15 is 0 Å². The highest BCUT2D eigenvalue weighted by atomic mass is 19.2. The van der Waals surface area contributed by atoms with Gasteiger partial charge >= 0.3 is 0 Å². The Bertz CT molecular complexity index is 286. The molecular formula is C8H8F3N. The van der Waals surface area contributed by atoms with Crippen molar-refractivity contribution >= 4 is 0 Å². The summed E-state index contributed by atoms with van der Waals surface area (Å²) in [5, 5.41) is 0. The standard InChI is InChI=1S/C8H8F3N/c9-6-1-2-7(10)8(11)5(6)3-4-12/h1-2H,3-4,12H2. The van der Waals surface area contributed by atoms with Gasteiger partial charge in [0.25, 0.3) is 0 Å². The first kappa shape index (κ1) is 9.06. The molecular weight excluding hydrogens is 167 g/mol. The summed E-state index contributed by atoms with van der Waals surface area (Å²) in [7, 11) is 0. The fourth-order valence-corrected chi connectivity index (χ4v) is 0.943. The van der Waals surface area contributed by atoms with Crippen molar-refractivity contribution in [1.29, 1.82) is 0 Å². The number of halogens is 3. The molecule has 0 radical (unpaired) electrons. The molecule has 1 nitrogen and oxygen atoms in total. The van der Waals surface area contributed by atoms with Gasteiger partial charge in [-0.05, 0) is 25.1 Å². The normalized spacial score (nSPS) is 10.3. The fourth-order valence-electron chi connectivity index (χ4n) is 0.943. The van der Waals surface area contributed by atoms with Crippen LogP contribution in [0.2, 0.25) is 0 Å². The van der Waals surface area contributed by atoms with Crippen LogP contribution in [0.15, 0.2) is 12.1 Å². The number of hydrogen-bond donors (Lipinski definition) is 1. The molecule has 0 unspecified atom stereocenters. The zero-order chi connectivity index (χ0) is 9.14. The molecule has 12 heavy (non-hydrogen) atoms. The van der Waals surface area contributed by atoms with Crippen molar-refractivity contribution in [2.45, 2.75) is 6.42 Å². The third-order valence-electron chi connectivity index (χ3n) is 1.53. The van der Waals surface area contributed by atoms with Crippen molar-refractivity contribution in [1.82, 2.24) is 0 Å². The molecule has 0 atom stereocenters. The average molecular weight is 175 g/mol. The van der Waals surface area contributed by atoms with E-state index in [2.05, 4.69) is 0 Å². The predicted octanol–water partition coefficient (Wildman–Crippen LogP) is 1.61. The maximum Gasteiger partial charge on any atom is 0.164 e. The van der Waals surface area contributed by atoms with Crippen LogP contribution in [0.5, 0.6) is 0 Å². The summed E-state index contributed by atoms with van der Waals surface area (Å²) >= 11 is 0. The van der Waals surface area contributed by atoms with Gasteiger partial charge in [-0.3, -0.25) is 0 Å². The van der Waals surface area contributed by atoms with Crippen LogP contribution in [-0.2, 0) is 6.42 Å². The van der Waals surface area contributed by atoms with Gasteiger partial charge in [0.1, 0.15) is 5.82 Å². The van der Waals surface area contributed by atoms with E-state index in [1.54, 1.807) is 0 Å². The second-order valence-corrected chi connectivity index (χ2v) is 2.36. The van der Waals surface area contributed by atoms with Gasteiger partial charge in [-0.15, -0.1) is 0 Å². The molecule has 0 amide bonds. The lowest BCUT2D eigenvalue weighted by molar-refractivity contribution is 0.479. The van der Waals surface area contributed by atoms with Crippen molar-refractivity contribution in [3.8, 4) is 0 Å². The van der Waals surface area contributed by atoms with Crippen molar-refractivity contribution in [2.24, 2.45) is 5.73 Å². The van der Waals surface area contributed by atoms with Crippen molar-refractivity contribution in [3.63, 3.8) is 0 Å². The molecule has 0 aliphatic rings. The quantitative estimate of drug-likeness (QED) is 0.679. The Morgan fingerprint density at radius 2 is 1.67 bits per heavy atom. The monoisotopic (exact) mass is 175 g/mol. The molecule has 0 heterocycles. The lowest BCUT2D eigenvalue weighted by Crippen LogP contribution is -2.07. The van der Waals surface area contributed by atoms with Crippen LogP contribution < -0.4 is 5.73 Å². The zero-order valence-electron chi connectivity index (χ0n) is 6.28. The van der Waals surface area contributed by atoms with E-state index in [1.165, 1.54) is 0 Å². The largest absolute Gasteiger partial charge is 0.330 e. The summed E-state index contributed by atoms with van der Waals surface area (Å²) in [6, 6.07) is 1.65. The molecule has 66 valence electrons. The molecule has 1 rings (SSSR count). The van der Waals surface area contributed by atoms with E-state index in [1.807, 2.05) is 0 Å². The van der Waals surface area contributed by atoms with Gasteiger partial charge in [-0.1, -0.05) is 0 Å². The molecule has 2 N–H and O–H groups in total. The molecule has 1 aromatic carbocycles. The average Bonchev–Trinajstić information content (AvgIpc) is 2.06. The first-order valence-electron chi connectivity index (χ1n) is 3.49. The number of hydrogen-bond acceptors (Lipinski definition) is 1. The van der Waals surface area contributed by atoms with Crippen LogP contribution in [0.3, 0.4) is 0 Å². The van der Waals surface area contributed by atoms with E-state index in [9.17, 15) is 13.2 Å². The van der Waals surface area contributed by atoms with E-state index < -0.39 is 17.5 Å². The maximum absolute atomic E-state index is 12.8. The highest BCUT2D eigenvalue weighted by Crippen LogP contribution is 2.15. The Hall–Kier alpha value is -1.03.